The number of benzene rings is 1. The minimum Gasteiger partial charge on any atom is -0.352 e. The Bertz CT molecular complexity index is 908. The van der Waals surface area contributed by atoms with Gasteiger partial charge in [-0.2, -0.15) is 0 Å². The Labute approximate surface area is 178 Å². The second-order valence-electron chi connectivity index (χ2n) is 9.09. The monoisotopic (exact) mass is 412 g/mol. The van der Waals surface area contributed by atoms with E-state index in [2.05, 4.69) is 31.4 Å². The first-order valence-electron chi connectivity index (χ1n) is 10.5. The van der Waals surface area contributed by atoms with E-state index in [1.165, 1.54) is 4.88 Å². The van der Waals surface area contributed by atoms with Crippen LogP contribution < -0.4 is 10.6 Å². The molecule has 2 aromatic rings. The highest BCUT2D eigenvalue weighted by Crippen LogP contribution is 2.44. The van der Waals surface area contributed by atoms with Crippen LogP contribution in [0.25, 0.3) is 0 Å². The molecule has 1 aliphatic carbocycles. The van der Waals surface area contributed by atoms with Crippen LogP contribution in [0.2, 0.25) is 0 Å². The smallest absolute Gasteiger partial charge is 0.256 e. The van der Waals surface area contributed by atoms with Gasteiger partial charge < -0.3 is 10.6 Å². The zero-order valence-corrected chi connectivity index (χ0v) is 19.0. The number of nitrogens with one attached hydrogen (secondary N) is 2. The molecule has 1 heterocycles. The number of fused-ring (bicyclic) bond motifs is 1. The van der Waals surface area contributed by atoms with Crippen molar-refractivity contribution in [2.45, 2.75) is 60.3 Å². The molecule has 156 valence electrons. The average Bonchev–Trinajstić information content (AvgIpc) is 3.02. The molecule has 0 unspecified atom stereocenters. The first-order valence-corrected chi connectivity index (χ1v) is 11.3. The predicted molar refractivity (Wildman–Crippen MR) is 121 cm³/mol. The van der Waals surface area contributed by atoms with Gasteiger partial charge in [-0.1, -0.05) is 45.4 Å². The van der Waals surface area contributed by atoms with Crippen LogP contribution in [0.1, 0.15) is 77.3 Å². The van der Waals surface area contributed by atoms with Crippen LogP contribution in [0.15, 0.2) is 24.3 Å². The van der Waals surface area contributed by atoms with Crippen molar-refractivity contribution in [1.82, 2.24) is 5.32 Å². The number of rotatable bonds is 5. The Morgan fingerprint density at radius 2 is 1.97 bits per heavy atom. The first-order chi connectivity index (χ1) is 13.7. The van der Waals surface area contributed by atoms with Crippen molar-refractivity contribution in [3.63, 3.8) is 0 Å². The van der Waals surface area contributed by atoms with Gasteiger partial charge in [0.05, 0.1) is 5.56 Å². The minimum absolute atomic E-state index is 0.0712. The highest BCUT2D eigenvalue weighted by atomic mass is 32.1. The van der Waals surface area contributed by atoms with E-state index in [9.17, 15) is 9.59 Å². The van der Waals surface area contributed by atoms with Crippen LogP contribution in [0.3, 0.4) is 0 Å². The molecule has 29 heavy (non-hydrogen) atoms. The van der Waals surface area contributed by atoms with Crippen molar-refractivity contribution >= 4 is 28.2 Å². The lowest BCUT2D eigenvalue weighted by Crippen LogP contribution is -2.29. The Balaban J connectivity index is 1.94. The summed E-state index contributed by atoms with van der Waals surface area (Å²) in [5.41, 5.74) is 3.69. The highest BCUT2D eigenvalue weighted by Gasteiger charge is 2.34. The fourth-order valence-corrected chi connectivity index (χ4v) is 5.26. The van der Waals surface area contributed by atoms with Gasteiger partial charge in [-0.25, -0.2) is 0 Å². The molecule has 1 atom stereocenters. The summed E-state index contributed by atoms with van der Waals surface area (Å²) >= 11 is 1.58. The molecular weight excluding hydrogens is 380 g/mol. The number of aryl methyl sites for hydroxylation is 1. The molecule has 1 aromatic carbocycles. The first kappa shape index (κ1) is 21.6. The summed E-state index contributed by atoms with van der Waals surface area (Å²) in [6, 6.07) is 7.53. The number of thiophene rings is 1. The number of amides is 2. The molecule has 0 bridgehead atoms. The van der Waals surface area contributed by atoms with Gasteiger partial charge in [-0.15, -0.1) is 11.3 Å². The summed E-state index contributed by atoms with van der Waals surface area (Å²) < 4.78 is 0. The molecule has 0 saturated heterocycles. The predicted octanol–water partition coefficient (Wildman–Crippen LogP) is 5.60. The second-order valence-corrected chi connectivity index (χ2v) is 10.2. The van der Waals surface area contributed by atoms with Gasteiger partial charge in [0.2, 0.25) is 0 Å². The molecule has 4 nitrogen and oxygen atoms in total. The van der Waals surface area contributed by atoms with Gasteiger partial charge >= 0.3 is 0 Å². The summed E-state index contributed by atoms with van der Waals surface area (Å²) in [6.45, 7) is 11.5. The largest absolute Gasteiger partial charge is 0.352 e. The van der Waals surface area contributed by atoms with Crippen molar-refractivity contribution < 1.29 is 9.59 Å². The zero-order valence-electron chi connectivity index (χ0n) is 18.1. The summed E-state index contributed by atoms with van der Waals surface area (Å²) in [7, 11) is 0. The normalized spacial score (nSPS) is 16.2. The van der Waals surface area contributed by atoms with E-state index in [-0.39, 0.29) is 17.2 Å². The zero-order chi connectivity index (χ0) is 21.2. The van der Waals surface area contributed by atoms with E-state index < -0.39 is 0 Å². The Morgan fingerprint density at radius 1 is 1.21 bits per heavy atom. The molecule has 0 radical (unpaired) electrons. The lowest BCUT2D eigenvalue weighted by Gasteiger charge is -2.33. The van der Waals surface area contributed by atoms with E-state index in [0.29, 0.717) is 28.6 Å². The molecule has 3 rings (SSSR count). The fourth-order valence-electron chi connectivity index (χ4n) is 3.94. The topological polar surface area (TPSA) is 58.2 Å². The second kappa shape index (κ2) is 8.70. The maximum atomic E-state index is 13.0. The van der Waals surface area contributed by atoms with Crippen molar-refractivity contribution in [3.05, 3.63) is 51.4 Å². The molecule has 0 aliphatic heterocycles. The Morgan fingerprint density at radius 3 is 2.62 bits per heavy atom. The van der Waals surface area contributed by atoms with E-state index in [0.717, 1.165) is 36.8 Å². The van der Waals surface area contributed by atoms with Gasteiger partial charge in [-0.05, 0) is 61.6 Å². The maximum absolute atomic E-state index is 13.0. The molecule has 2 amide bonds. The van der Waals surface area contributed by atoms with E-state index in [4.69, 9.17) is 0 Å². The van der Waals surface area contributed by atoms with Crippen molar-refractivity contribution in [1.29, 1.82) is 0 Å². The van der Waals surface area contributed by atoms with Gasteiger partial charge in [0.15, 0.2) is 0 Å². The maximum Gasteiger partial charge on any atom is 0.256 e. The van der Waals surface area contributed by atoms with Crippen LogP contribution >= 0.6 is 11.3 Å². The number of hydrogen-bond acceptors (Lipinski definition) is 3. The van der Waals surface area contributed by atoms with Gasteiger partial charge in [0.1, 0.15) is 5.00 Å². The molecule has 0 saturated carbocycles. The van der Waals surface area contributed by atoms with Crippen LogP contribution in [-0.2, 0) is 12.8 Å². The molecular formula is C24H32N2O2S. The van der Waals surface area contributed by atoms with E-state index in [1.54, 1.807) is 11.3 Å². The molecule has 1 aliphatic rings. The Kier molecular flexibility index (Phi) is 6.47. The third kappa shape index (κ3) is 4.89. The number of carbonyl (C=O) groups excluding carboxylic acids is 2. The molecule has 5 heteroatoms. The lowest BCUT2D eigenvalue weighted by atomic mass is 9.72. The average molecular weight is 413 g/mol. The van der Waals surface area contributed by atoms with Crippen LogP contribution in [0, 0.1) is 18.3 Å². The number of anilines is 1. The minimum atomic E-state index is -0.163. The molecule has 0 spiro atoms. The molecule has 0 fully saturated rings. The fraction of sp³-hybridized carbons (Fsp3) is 0.500. The van der Waals surface area contributed by atoms with Crippen molar-refractivity contribution in [2.24, 2.45) is 11.3 Å². The van der Waals surface area contributed by atoms with Gasteiger partial charge in [-0.3, -0.25) is 9.59 Å². The molecule has 1 aromatic heterocycles. The third-order valence-electron chi connectivity index (χ3n) is 5.76. The van der Waals surface area contributed by atoms with Crippen molar-refractivity contribution in [3.8, 4) is 0 Å². The van der Waals surface area contributed by atoms with E-state index in [1.807, 2.05) is 38.1 Å². The summed E-state index contributed by atoms with van der Waals surface area (Å²) in [4.78, 5) is 27.1. The van der Waals surface area contributed by atoms with Crippen molar-refractivity contribution in [2.75, 3.05) is 11.9 Å². The SMILES string of the molecule is CCCNC(=O)c1c(NC(=O)c2cccc(C)c2)sc2c1CC[C@H](C(C)(C)C)C2. The lowest BCUT2D eigenvalue weighted by molar-refractivity contribution is 0.0953. The quantitative estimate of drug-likeness (QED) is 0.671. The van der Waals surface area contributed by atoms with Crippen LogP contribution in [0.5, 0.6) is 0 Å². The third-order valence-corrected chi connectivity index (χ3v) is 6.93. The highest BCUT2D eigenvalue weighted by molar-refractivity contribution is 7.17. The number of hydrogen-bond donors (Lipinski definition) is 2. The molecule has 2 N–H and O–H groups in total. The Hall–Kier alpha value is -2.14. The summed E-state index contributed by atoms with van der Waals surface area (Å²) in [6.07, 6.45) is 3.82. The van der Waals surface area contributed by atoms with Crippen LogP contribution in [-0.4, -0.2) is 18.4 Å². The summed E-state index contributed by atoms with van der Waals surface area (Å²) in [5, 5.41) is 6.73. The van der Waals surface area contributed by atoms with E-state index >= 15 is 0 Å². The standard InChI is InChI=1S/C24H32N2O2S/c1-6-12-25-22(28)20-18-11-10-17(24(3,4)5)14-19(18)29-23(20)26-21(27)16-9-7-8-15(2)13-16/h7-9,13,17H,6,10-12,14H2,1-5H3,(H,25,28)(H,26,27)/t17-/m0/s1. The summed E-state index contributed by atoms with van der Waals surface area (Å²) in [5.74, 6) is 0.350. The number of carbonyl (C=O) groups is 2. The van der Waals surface area contributed by atoms with Gasteiger partial charge in [0.25, 0.3) is 11.8 Å². The van der Waals surface area contributed by atoms with Crippen LogP contribution in [0.4, 0.5) is 5.00 Å². The van der Waals surface area contributed by atoms with Gasteiger partial charge in [0, 0.05) is 17.0 Å².